The molecule has 1 N–H and O–H groups in total. The Kier molecular flexibility index (Phi) is 5.16. The molecule has 0 unspecified atom stereocenters. The van der Waals surface area contributed by atoms with Gasteiger partial charge in [0.1, 0.15) is 5.92 Å². The molecule has 0 aromatic heterocycles. The van der Waals surface area contributed by atoms with Crippen LogP contribution in [0.2, 0.25) is 0 Å². The monoisotopic (exact) mass is 476 g/mol. The van der Waals surface area contributed by atoms with Crippen LogP contribution in [0, 0.1) is 5.92 Å². The summed E-state index contributed by atoms with van der Waals surface area (Å²) in [7, 11) is 1.60. The molecule has 29 heavy (non-hydrogen) atoms. The SMILES string of the molecule is CCOC(=O)[C@@H]1[C@@H]2NC(=S)N(c3ccc(Br)cc3)[C@@]1(C)Oc1c(OC)cccc12. The minimum Gasteiger partial charge on any atom is -0.493 e. The summed E-state index contributed by atoms with van der Waals surface area (Å²) in [6.07, 6.45) is 0. The maximum atomic E-state index is 13.1. The highest BCUT2D eigenvalue weighted by molar-refractivity contribution is 9.10. The molecule has 2 aromatic rings. The summed E-state index contributed by atoms with van der Waals surface area (Å²) in [6.45, 7) is 3.94. The number of methoxy groups -OCH3 is 1. The Morgan fingerprint density at radius 1 is 1.31 bits per heavy atom. The predicted molar refractivity (Wildman–Crippen MR) is 117 cm³/mol. The number of hydrogen-bond acceptors (Lipinski definition) is 5. The van der Waals surface area contributed by atoms with Crippen LogP contribution in [-0.4, -0.2) is 30.5 Å². The summed E-state index contributed by atoms with van der Waals surface area (Å²) in [5.41, 5.74) is 0.520. The zero-order valence-corrected chi connectivity index (χ0v) is 18.7. The summed E-state index contributed by atoms with van der Waals surface area (Å²) in [5.74, 6) is 0.217. The second kappa shape index (κ2) is 7.50. The molecule has 1 saturated heterocycles. The first-order chi connectivity index (χ1) is 13.9. The molecule has 152 valence electrons. The number of para-hydroxylation sites is 1. The average Bonchev–Trinajstić information content (AvgIpc) is 2.68. The van der Waals surface area contributed by atoms with Gasteiger partial charge in [0, 0.05) is 15.7 Å². The highest BCUT2D eigenvalue weighted by atomic mass is 79.9. The molecule has 0 radical (unpaired) electrons. The third-order valence-corrected chi connectivity index (χ3v) is 6.16. The fraction of sp³-hybridized carbons (Fsp3) is 0.333. The average molecular weight is 477 g/mol. The summed E-state index contributed by atoms with van der Waals surface area (Å²) in [5, 5.41) is 3.82. The second-order valence-corrected chi connectivity index (χ2v) is 8.31. The topological polar surface area (TPSA) is 60.0 Å². The van der Waals surface area contributed by atoms with E-state index in [1.54, 1.807) is 14.0 Å². The Labute approximate surface area is 183 Å². The normalized spacial score (nSPS) is 24.8. The van der Waals surface area contributed by atoms with Gasteiger partial charge in [-0.05, 0) is 56.4 Å². The Hall–Kier alpha value is -2.32. The van der Waals surface area contributed by atoms with Crippen molar-refractivity contribution in [3.63, 3.8) is 0 Å². The maximum absolute atomic E-state index is 13.1. The number of nitrogens with zero attached hydrogens (tertiary/aromatic N) is 1. The molecule has 3 atom stereocenters. The van der Waals surface area contributed by atoms with Crippen LogP contribution < -0.4 is 19.7 Å². The van der Waals surface area contributed by atoms with Crippen LogP contribution in [0.5, 0.6) is 11.5 Å². The Bertz CT molecular complexity index is 968. The number of rotatable bonds is 4. The van der Waals surface area contributed by atoms with Gasteiger partial charge < -0.3 is 19.5 Å². The predicted octanol–water partition coefficient (Wildman–Crippen LogP) is 4.18. The lowest BCUT2D eigenvalue weighted by Crippen LogP contribution is -2.71. The van der Waals surface area contributed by atoms with Crippen LogP contribution in [-0.2, 0) is 9.53 Å². The number of carbonyl (C=O) groups is 1. The lowest BCUT2D eigenvalue weighted by Gasteiger charge is -2.55. The van der Waals surface area contributed by atoms with Gasteiger partial charge in [-0.1, -0.05) is 28.1 Å². The highest BCUT2D eigenvalue weighted by Gasteiger charge is 2.60. The number of fused-ring (bicyclic) bond motifs is 4. The standard InChI is InChI=1S/C21H21BrN2O4S/c1-4-27-19(25)16-17-14-6-5-7-15(26-3)18(14)28-21(16,2)24(20(29)23-17)13-10-8-12(22)9-11-13/h5-11,16-17H,4H2,1-3H3,(H,23,29)/t16-,17+,21-/m0/s1. The van der Waals surface area contributed by atoms with Crippen molar-refractivity contribution in [2.45, 2.75) is 25.6 Å². The molecule has 2 heterocycles. The molecule has 0 saturated carbocycles. The lowest BCUT2D eigenvalue weighted by molar-refractivity contribution is -0.159. The van der Waals surface area contributed by atoms with Gasteiger partial charge in [0.15, 0.2) is 16.6 Å². The first-order valence-electron chi connectivity index (χ1n) is 9.29. The number of halogens is 1. The summed E-state index contributed by atoms with van der Waals surface area (Å²) in [6, 6.07) is 12.9. The number of anilines is 1. The summed E-state index contributed by atoms with van der Waals surface area (Å²) < 4.78 is 18.4. The van der Waals surface area contributed by atoms with E-state index in [1.165, 1.54) is 0 Å². The second-order valence-electron chi connectivity index (χ2n) is 7.00. The van der Waals surface area contributed by atoms with E-state index in [0.29, 0.717) is 16.6 Å². The van der Waals surface area contributed by atoms with E-state index in [9.17, 15) is 4.79 Å². The van der Waals surface area contributed by atoms with Gasteiger partial charge in [-0.2, -0.15) is 0 Å². The minimum atomic E-state index is -1.10. The zero-order chi connectivity index (χ0) is 20.8. The van der Waals surface area contributed by atoms with Crippen molar-refractivity contribution in [1.82, 2.24) is 5.32 Å². The maximum Gasteiger partial charge on any atom is 0.317 e. The van der Waals surface area contributed by atoms with Crippen molar-refractivity contribution in [3.8, 4) is 11.5 Å². The quantitative estimate of drug-likeness (QED) is 0.524. The first kappa shape index (κ1) is 20.0. The van der Waals surface area contributed by atoms with Gasteiger partial charge in [-0.3, -0.25) is 9.69 Å². The molecule has 6 nitrogen and oxygen atoms in total. The van der Waals surface area contributed by atoms with E-state index in [-0.39, 0.29) is 12.6 Å². The zero-order valence-electron chi connectivity index (χ0n) is 16.3. The van der Waals surface area contributed by atoms with Gasteiger partial charge >= 0.3 is 5.97 Å². The number of benzene rings is 2. The van der Waals surface area contributed by atoms with Gasteiger partial charge in [0.25, 0.3) is 0 Å². The van der Waals surface area contributed by atoms with E-state index in [4.69, 9.17) is 26.4 Å². The lowest BCUT2D eigenvalue weighted by atomic mass is 9.79. The van der Waals surface area contributed by atoms with Crippen molar-refractivity contribution in [1.29, 1.82) is 0 Å². The van der Waals surface area contributed by atoms with Crippen molar-refractivity contribution in [2.24, 2.45) is 5.92 Å². The van der Waals surface area contributed by atoms with Crippen LogP contribution in [0.3, 0.4) is 0 Å². The summed E-state index contributed by atoms with van der Waals surface area (Å²) >= 11 is 9.16. The van der Waals surface area contributed by atoms with Crippen molar-refractivity contribution >= 4 is 44.9 Å². The number of ether oxygens (including phenoxy) is 3. The van der Waals surface area contributed by atoms with E-state index in [0.717, 1.165) is 15.7 Å². The molecule has 2 aliphatic rings. The molecule has 0 spiro atoms. The fourth-order valence-corrected chi connectivity index (χ4v) is 4.78. The third kappa shape index (κ3) is 3.14. The van der Waals surface area contributed by atoms with Gasteiger partial charge in [-0.15, -0.1) is 0 Å². The van der Waals surface area contributed by atoms with Crippen LogP contribution in [0.1, 0.15) is 25.5 Å². The molecule has 0 amide bonds. The number of thiocarbonyl (C=S) groups is 1. The van der Waals surface area contributed by atoms with Crippen LogP contribution in [0.4, 0.5) is 5.69 Å². The molecular formula is C21H21BrN2O4S. The summed E-state index contributed by atoms with van der Waals surface area (Å²) in [4.78, 5) is 14.9. The van der Waals surface area contributed by atoms with Crippen LogP contribution >= 0.6 is 28.1 Å². The van der Waals surface area contributed by atoms with E-state index < -0.39 is 17.7 Å². The Balaban J connectivity index is 1.91. The van der Waals surface area contributed by atoms with Crippen molar-refractivity contribution < 1.29 is 19.0 Å². The Morgan fingerprint density at radius 3 is 2.69 bits per heavy atom. The van der Waals surface area contributed by atoms with E-state index >= 15 is 0 Å². The molecule has 1 fully saturated rings. The van der Waals surface area contributed by atoms with Crippen LogP contribution in [0.15, 0.2) is 46.9 Å². The van der Waals surface area contributed by atoms with Crippen molar-refractivity contribution in [2.75, 3.05) is 18.6 Å². The van der Waals surface area contributed by atoms with Gasteiger partial charge in [0.05, 0.1) is 19.8 Å². The molecule has 0 aliphatic carbocycles. The van der Waals surface area contributed by atoms with Crippen LogP contribution in [0.25, 0.3) is 0 Å². The van der Waals surface area contributed by atoms with E-state index in [1.807, 2.05) is 54.3 Å². The Morgan fingerprint density at radius 2 is 2.03 bits per heavy atom. The smallest absolute Gasteiger partial charge is 0.317 e. The molecule has 2 aromatic carbocycles. The van der Waals surface area contributed by atoms with Gasteiger partial charge in [-0.25, -0.2) is 0 Å². The number of carbonyl (C=O) groups excluding carboxylic acids is 1. The highest BCUT2D eigenvalue weighted by Crippen LogP contribution is 2.52. The fourth-order valence-electron chi connectivity index (χ4n) is 4.10. The minimum absolute atomic E-state index is 0.284. The molecule has 2 aliphatic heterocycles. The molecule has 4 rings (SSSR count). The van der Waals surface area contributed by atoms with Crippen molar-refractivity contribution in [3.05, 3.63) is 52.5 Å². The largest absolute Gasteiger partial charge is 0.493 e. The molecular weight excluding hydrogens is 456 g/mol. The van der Waals surface area contributed by atoms with E-state index in [2.05, 4.69) is 21.2 Å². The first-order valence-corrected chi connectivity index (χ1v) is 10.5. The molecule has 2 bridgehead atoms. The molecule has 8 heteroatoms. The number of esters is 1. The number of nitrogens with one attached hydrogen (secondary N) is 1. The third-order valence-electron chi connectivity index (χ3n) is 5.33. The number of hydrogen-bond donors (Lipinski definition) is 1. The van der Waals surface area contributed by atoms with Gasteiger partial charge in [0.2, 0.25) is 5.72 Å².